The van der Waals surface area contributed by atoms with Gasteiger partial charge in [0.25, 0.3) is 0 Å². The van der Waals surface area contributed by atoms with Crippen LogP contribution < -0.4 is 5.73 Å². The fourth-order valence-electron chi connectivity index (χ4n) is 3.05. The van der Waals surface area contributed by atoms with Gasteiger partial charge >= 0.3 is 0 Å². The Morgan fingerprint density at radius 1 is 1.36 bits per heavy atom. The van der Waals surface area contributed by atoms with E-state index < -0.39 is 0 Å². The van der Waals surface area contributed by atoms with Crippen LogP contribution in [0.25, 0.3) is 0 Å². The quantitative estimate of drug-likeness (QED) is 0.669. The fraction of sp³-hybridized carbons (Fsp3) is 0.846. The van der Waals surface area contributed by atoms with Crippen LogP contribution in [0.3, 0.4) is 0 Å². The standard InChI is InChI=1S/C13H23N/c1-10-7-8-12(9-10)13(14)11-5-3-2-4-6-11/h5,10,12-13H,2-4,6-9,14H2,1H3. The summed E-state index contributed by atoms with van der Waals surface area (Å²) in [5, 5.41) is 0. The van der Waals surface area contributed by atoms with E-state index in [2.05, 4.69) is 13.0 Å². The Balaban J connectivity index is 1.93. The molecule has 1 heteroatoms. The van der Waals surface area contributed by atoms with Crippen molar-refractivity contribution in [3.8, 4) is 0 Å². The molecule has 0 amide bonds. The van der Waals surface area contributed by atoms with E-state index in [4.69, 9.17) is 5.73 Å². The SMILES string of the molecule is CC1CCC(C(N)C2=CCCCC2)C1. The van der Waals surface area contributed by atoms with Gasteiger partial charge in [-0.25, -0.2) is 0 Å². The molecule has 0 bridgehead atoms. The van der Waals surface area contributed by atoms with Crippen LogP contribution in [0.1, 0.15) is 51.9 Å². The molecule has 14 heavy (non-hydrogen) atoms. The summed E-state index contributed by atoms with van der Waals surface area (Å²) in [5.41, 5.74) is 7.91. The third-order valence-corrected chi connectivity index (χ3v) is 4.00. The van der Waals surface area contributed by atoms with Gasteiger partial charge in [0.2, 0.25) is 0 Å². The molecule has 0 spiro atoms. The molecule has 2 aliphatic carbocycles. The van der Waals surface area contributed by atoms with Gasteiger partial charge in [-0.3, -0.25) is 0 Å². The highest BCUT2D eigenvalue weighted by Crippen LogP contribution is 2.35. The van der Waals surface area contributed by atoms with Crippen molar-refractivity contribution >= 4 is 0 Å². The minimum Gasteiger partial charge on any atom is -0.324 e. The topological polar surface area (TPSA) is 26.0 Å². The van der Waals surface area contributed by atoms with Crippen molar-refractivity contribution < 1.29 is 0 Å². The number of nitrogens with two attached hydrogens (primary N) is 1. The van der Waals surface area contributed by atoms with Gasteiger partial charge in [0.05, 0.1) is 0 Å². The molecule has 0 radical (unpaired) electrons. The maximum absolute atomic E-state index is 6.35. The van der Waals surface area contributed by atoms with E-state index in [9.17, 15) is 0 Å². The van der Waals surface area contributed by atoms with E-state index in [1.54, 1.807) is 5.57 Å². The average molecular weight is 193 g/mol. The lowest BCUT2D eigenvalue weighted by Gasteiger charge is -2.24. The maximum Gasteiger partial charge on any atom is 0.0282 e. The van der Waals surface area contributed by atoms with Crippen molar-refractivity contribution in [2.45, 2.75) is 57.9 Å². The van der Waals surface area contributed by atoms with Gasteiger partial charge in [-0.05, 0) is 50.4 Å². The zero-order chi connectivity index (χ0) is 9.97. The van der Waals surface area contributed by atoms with Crippen molar-refractivity contribution in [2.24, 2.45) is 17.6 Å². The van der Waals surface area contributed by atoms with Crippen LogP contribution in [0.2, 0.25) is 0 Å². The van der Waals surface area contributed by atoms with Gasteiger partial charge in [0.15, 0.2) is 0 Å². The summed E-state index contributed by atoms with van der Waals surface area (Å²) in [6, 6.07) is 0.389. The molecular formula is C13H23N. The first kappa shape index (κ1) is 10.2. The lowest BCUT2D eigenvalue weighted by molar-refractivity contribution is 0.439. The van der Waals surface area contributed by atoms with Crippen molar-refractivity contribution in [1.29, 1.82) is 0 Å². The first-order valence-corrected chi connectivity index (χ1v) is 6.22. The van der Waals surface area contributed by atoms with Crippen LogP contribution in [-0.4, -0.2) is 6.04 Å². The first-order chi connectivity index (χ1) is 6.77. The maximum atomic E-state index is 6.35. The summed E-state index contributed by atoms with van der Waals surface area (Å²) in [7, 11) is 0. The summed E-state index contributed by atoms with van der Waals surface area (Å²) < 4.78 is 0. The van der Waals surface area contributed by atoms with Crippen LogP contribution >= 0.6 is 0 Å². The molecule has 0 aromatic rings. The second-order valence-electron chi connectivity index (χ2n) is 5.23. The fourth-order valence-corrected chi connectivity index (χ4v) is 3.05. The second kappa shape index (κ2) is 4.48. The number of hydrogen-bond acceptors (Lipinski definition) is 1. The highest BCUT2D eigenvalue weighted by Gasteiger charge is 2.28. The minimum absolute atomic E-state index is 0.389. The van der Waals surface area contributed by atoms with Crippen LogP contribution in [0.15, 0.2) is 11.6 Å². The number of allylic oxidation sites excluding steroid dienone is 1. The molecule has 2 N–H and O–H groups in total. The van der Waals surface area contributed by atoms with Crippen LogP contribution in [0.5, 0.6) is 0 Å². The Morgan fingerprint density at radius 2 is 2.21 bits per heavy atom. The molecule has 3 unspecified atom stereocenters. The van der Waals surface area contributed by atoms with E-state index in [0.717, 1.165) is 11.8 Å². The largest absolute Gasteiger partial charge is 0.324 e. The Kier molecular flexibility index (Phi) is 3.27. The third-order valence-electron chi connectivity index (χ3n) is 4.00. The van der Waals surface area contributed by atoms with Gasteiger partial charge in [-0.15, -0.1) is 0 Å². The molecule has 2 aliphatic rings. The summed E-state index contributed by atoms with van der Waals surface area (Å²) in [6.07, 6.45) is 11.8. The highest BCUT2D eigenvalue weighted by molar-refractivity contribution is 5.14. The molecule has 1 fully saturated rings. The van der Waals surface area contributed by atoms with Gasteiger partial charge in [0.1, 0.15) is 0 Å². The molecule has 0 aromatic heterocycles. The Hall–Kier alpha value is -0.300. The number of rotatable bonds is 2. The summed E-state index contributed by atoms with van der Waals surface area (Å²) in [6.45, 7) is 2.36. The van der Waals surface area contributed by atoms with Crippen LogP contribution in [-0.2, 0) is 0 Å². The molecule has 1 saturated carbocycles. The Morgan fingerprint density at radius 3 is 2.79 bits per heavy atom. The van der Waals surface area contributed by atoms with Gasteiger partial charge in [-0.2, -0.15) is 0 Å². The minimum atomic E-state index is 0.389. The third kappa shape index (κ3) is 2.20. The summed E-state index contributed by atoms with van der Waals surface area (Å²) in [5.74, 6) is 1.70. The van der Waals surface area contributed by atoms with E-state index in [-0.39, 0.29) is 0 Å². The normalized spacial score (nSPS) is 35.4. The molecule has 1 nitrogen and oxygen atoms in total. The lowest BCUT2D eigenvalue weighted by atomic mass is 9.86. The van der Waals surface area contributed by atoms with Gasteiger partial charge in [-0.1, -0.05) is 25.0 Å². The van der Waals surface area contributed by atoms with Crippen molar-refractivity contribution in [3.05, 3.63) is 11.6 Å². The van der Waals surface area contributed by atoms with Crippen LogP contribution in [0, 0.1) is 11.8 Å². The van der Waals surface area contributed by atoms with Crippen molar-refractivity contribution in [1.82, 2.24) is 0 Å². The van der Waals surface area contributed by atoms with E-state index in [1.165, 1.54) is 44.9 Å². The predicted octanol–water partition coefficient (Wildman–Crippen LogP) is 3.25. The molecule has 0 saturated heterocycles. The van der Waals surface area contributed by atoms with Gasteiger partial charge in [0, 0.05) is 6.04 Å². The molecule has 80 valence electrons. The van der Waals surface area contributed by atoms with E-state index in [0.29, 0.717) is 6.04 Å². The molecule has 0 aromatic carbocycles. The monoisotopic (exact) mass is 193 g/mol. The number of hydrogen-bond donors (Lipinski definition) is 1. The highest BCUT2D eigenvalue weighted by atomic mass is 14.7. The van der Waals surface area contributed by atoms with Crippen molar-refractivity contribution in [3.63, 3.8) is 0 Å². The van der Waals surface area contributed by atoms with Crippen LogP contribution in [0.4, 0.5) is 0 Å². The molecular weight excluding hydrogens is 170 g/mol. The lowest BCUT2D eigenvalue weighted by Crippen LogP contribution is -2.31. The molecule has 2 rings (SSSR count). The zero-order valence-corrected chi connectivity index (χ0v) is 9.34. The summed E-state index contributed by atoms with van der Waals surface area (Å²) in [4.78, 5) is 0. The van der Waals surface area contributed by atoms with E-state index in [1.807, 2.05) is 0 Å². The second-order valence-corrected chi connectivity index (χ2v) is 5.23. The predicted molar refractivity (Wildman–Crippen MR) is 61.0 cm³/mol. The average Bonchev–Trinajstić information content (AvgIpc) is 2.65. The molecule has 0 aliphatic heterocycles. The Bertz CT molecular complexity index is 219. The zero-order valence-electron chi connectivity index (χ0n) is 9.34. The smallest absolute Gasteiger partial charge is 0.0282 e. The van der Waals surface area contributed by atoms with Crippen molar-refractivity contribution in [2.75, 3.05) is 0 Å². The first-order valence-electron chi connectivity index (χ1n) is 6.22. The van der Waals surface area contributed by atoms with Gasteiger partial charge < -0.3 is 5.73 Å². The Labute approximate surface area is 87.8 Å². The van der Waals surface area contributed by atoms with E-state index >= 15 is 0 Å². The molecule has 3 atom stereocenters. The molecule has 0 heterocycles. The summed E-state index contributed by atoms with van der Waals surface area (Å²) >= 11 is 0.